The van der Waals surface area contributed by atoms with Crippen LogP contribution in [-0.2, 0) is 10.0 Å². The number of urea groups is 1. The second-order valence-electron chi connectivity index (χ2n) is 5.40. The molecule has 152 valence electrons. The molecule has 14 heteroatoms. The van der Waals surface area contributed by atoms with Crippen LogP contribution in [0, 0.1) is 0 Å². The number of hydrazine groups is 1. The zero-order valence-corrected chi connectivity index (χ0v) is 17.2. The predicted octanol–water partition coefficient (Wildman–Crippen LogP) is 2.59. The third-order valence-corrected chi connectivity index (χ3v) is 6.52. The lowest BCUT2D eigenvalue weighted by molar-refractivity contribution is 0.102. The molecule has 2 aromatic rings. The van der Waals surface area contributed by atoms with E-state index in [2.05, 4.69) is 15.1 Å². The minimum atomic E-state index is -4.18. The summed E-state index contributed by atoms with van der Waals surface area (Å²) in [5, 5.41) is 11.4. The lowest BCUT2D eigenvalue weighted by Crippen LogP contribution is -2.45. The van der Waals surface area contributed by atoms with Gasteiger partial charge in [-0.15, -0.1) is 4.40 Å². The average molecular weight is 476 g/mol. The van der Waals surface area contributed by atoms with E-state index in [1.807, 2.05) is 5.43 Å². The number of hydroxylamine groups is 1. The highest BCUT2D eigenvalue weighted by atomic mass is 35.5. The van der Waals surface area contributed by atoms with Gasteiger partial charge in [-0.3, -0.25) is 15.4 Å². The summed E-state index contributed by atoms with van der Waals surface area (Å²) in [6.45, 7) is 0. The third kappa shape index (κ3) is 4.92. The van der Waals surface area contributed by atoms with Crippen molar-refractivity contribution in [2.45, 2.75) is 9.79 Å². The number of nitrogens with one attached hydrogen (secondary N) is 4. The van der Waals surface area contributed by atoms with E-state index in [-0.39, 0.29) is 25.5 Å². The minimum Gasteiger partial charge on any atom is -0.322 e. The maximum Gasteiger partial charge on any atom is 0.357 e. The molecule has 0 spiro atoms. The van der Waals surface area contributed by atoms with Gasteiger partial charge < -0.3 is 5.32 Å². The van der Waals surface area contributed by atoms with Gasteiger partial charge in [-0.2, -0.15) is 8.42 Å². The Kier molecular flexibility index (Phi) is 6.19. The molecule has 1 aliphatic heterocycles. The van der Waals surface area contributed by atoms with Crippen LogP contribution in [0.4, 0.5) is 10.5 Å². The Morgan fingerprint density at radius 3 is 2.45 bits per heavy atom. The van der Waals surface area contributed by atoms with Gasteiger partial charge in [0.1, 0.15) is 4.90 Å². The minimum absolute atomic E-state index is 0.0141. The highest BCUT2D eigenvalue weighted by Crippen LogP contribution is 2.37. The quantitative estimate of drug-likeness (QED) is 0.330. The number of carbonyl (C=O) groups is 2. The van der Waals surface area contributed by atoms with Crippen molar-refractivity contribution in [2.24, 2.45) is 4.40 Å². The summed E-state index contributed by atoms with van der Waals surface area (Å²) < 4.78 is 28.5. The standard InChI is InChI=1S/C15H11Cl2N5O5S2/c16-7-1-3-8(4-2-7)18-13(23)9-5-12-11(6-10(9)17)28-15(22-29(12,26)27)20-19-14(24)21-25/h1-6,25H,(H,18,23)(H,20,22)(H2,19,21,24). The van der Waals surface area contributed by atoms with Crippen molar-refractivity contribution in [1.29, 1.82) is 0 Å². The number of carbonyl (C=O) groups excluding carboxylic acids is 2. The fourth-order valence-corrected chi connectivity index (χ4v) is 5.10. The number of hydrogen-bond donors (Lipinski definition) is 5. The number of rotatable bonds is 2. The van der Waals surface area contributed by atoms with Crippen LogP contribution in [0.3, 0.4) is 0 Å². The molecule has 0 unspecified atom stereocenters. The highest BCUT2D eigenvalue weighted by Gasteiger charge is 2.29. The molecule has 10 nitrogen and oxygen atoms in total. The van der Waals surface area contributed by atoms with Crippen LogP contribution in [0.5, 0.6) is 0 Å². The summed E-state index contributed by atoms with van der Waals surface area (Å²) in [4.78, 5) is 23.5. The number of halogens is 2. The zero-order valence-electron chi connectivity index (χ0n) is 14.1. The molecule has 2 aromatic carbocycles. The number of thioether (sulfide) groups is 1. The lowest BCUT2D eigenvalue weighted by atomic mass is 10.2. The first kappa shape index (κ1) is 21.2. The monoisotopic (exact) mass is 475 g/mol. The third-order valence-electron chi connectivity index (χ3n) is 3.45. The van der Waals surface area contributed by atoms with Gasteiger partial charge in [-0.25, -0.2) is 15.7 Å². The van der Waals surface area contributed by atoms with Crippen molar-refractivity contribution in [3.05, 3.63) is 52.0 Å². The SMILES string of the molecule is O=C(NO)NNC1=NS(=O)(=O)c2cc(C(=O)Nc3ccc(Cl)cc3)c(Cl)cc2S1. The number of amidine groups is 1. The summed E-state index contributed by atoms with van der Waals surface area (Å²) in [6.07, 6.45) is 0. The summed E-state index contributed by atoms with van der Waals surface area (Å²) in [5.41, 5.74) is 5.90. The van der Waals surface area contributed by atoms with Crippen LogP contribution in [0.1, 0.15) is 10.4 Å². The van der Waals surface area contributed by atoms with Crippen molar-refractivity contribution in [3.63, 3.8) is 0 Å². The maximum absolute atomic E-state index is 12.5. The normalized spacial score (nSPS) is 14.2. The second kappa shape index (κ2) is 8.47. The number of amides is 3. The van der Waals surface area contributed by atoms with Crippen LogP contribution in [0.2, 0.25) is 10.0 Å². The number of sulfonamides is 1. The first-order valence-electron chi connectivity index (χ1n) is 7.59. The Hall–Kier alpha value is -2.51. The Morgan fingerprint density at radius 1 is 1.10 bits per heavy atom. The summed E-state index contributed by atoms with van der Waals surface area (Å²) >= 11 is 12.8. The van der Waals surface area contributed by atoms with Crippen molar-refractivity contribution < 1.29 is 23.2 Å². The molecule has 3 amide bonds. The van der Waals surface area contributed by atoms with Gasteiger partial charge >= 0.3 is 6.03 Å². The van der Waals surface area contributed by atoms with E-state index in [4.69, 9.17) is 28.4 Å². The van der Waals surface area contributed by atoms with Crippen molar-refractivity contribution >= 4 is 67.8 Å². The van der Waals surface area contributed by atoms with Gasteiger partial charge in [-0.05, 0) is 48.2 Å². The van der Waals surface area contributed by atoms with Crippen LogP contribution in [0.15, 0.2) is 50.6 Å². The van der Waals surface area contributed by atoms with Crippen molar-refractivity contribution in [3.8, 4) is 0 Å². The first-order valence-corrected chi connectivity index (χ1v) is 10.6. The van der Waals surface area contributed by atoms with E-state index in [0.29, 0.717) is 10.7 Å². The molecule has 29 heavy (non-hydrogen) atoms. The van der Waals surface area contributed by atoms with Gasteiger partial charge in [0.2, 0.25) is 0 Å². The molecule has 1 heterocycles. The van der Waals surface area contributed by atoms with E-state index in [1.165, 1.54) is 11.5 Å². The number of anilines is 1. The Balaban J connectivity index is 1.87. The molecule has 0 radical (unpaired) electrons. The van der Waals surface area contributed by atoms with Gasteiger partial charge in [0, 0.05) is 15.6 Å². The molecule has 0 bridgehead atoms. The molecule has 3 rings (SSSR count). The van der Waals surface area contributed by atoms with E-state index in [9.17, 15) is 18.0 Å². The Bertz CT molecular complexity index is 1120. The average Bonchev–Trinajstić information content (AvgIpc) is 2.66. The lowest BCUT2D eigenvalue weighted by Gasteiger charge is -2.18. The fraction of sp³-hybridized carbons (Fsp3) is 0. The van der Waals surface area contributed by atoms with Crippen molar-refractivity contribution in [1.82, 2.24) is 16.3 Å². The number of hydrogen-bond acceptors (Lipinski definition) is 7. The van der Waals surface area contributed by atoms with Crippen LogP contribution in [0.25, 0.3) is 0 Å². The smallest absolute Gasteiger partial charge is 0.322 e. The van der Waals surface area contributed by atoms with Gasteiger partial charge in [0.25, 0.3) is 15.9 Å². The molecule has 0 saturated carbocycles. The second-order valence-corrected chi connectivity index (χ2v) is 8.85. The molecule has 0 aliphatic carbocycles. The zero-order chi connectivity index (χ0) is 21.2. The summed E-state index contributed by atoms with van der Waals surface area (Å²) in [5.74, 6) is -0.616. The molecule has 1 aliphatic rings. The summed E-state index contributed by atoms with van der Waals surface area (Å²) in [6, 6.07) is 7.73. The topological polar surface area (TPSA) is 149 Å². The Labute approximate surface area is 178 Å². The summed E-state index contributed by atoms with van der Waals surface area (Å²) in [7, 11) is -4.18. The van der Waals surface area contributed by atoms with Crippen LogP contribution < -0.4 is 21.6 Å². The number of nitrogens with zero attached hydrogens (tertiary/aromatic N) is 1. The van der Waals surface area contributed by atoms with E-state index in [1.54, 1.807) is 24.3 Å². The molecule has 0 atom stereocenters. The molecule has 0 saturated heterocycles. The molecular formula is C15H11Cl2N5O5S2. The van der Waals surface area contributed by atoms with E-state index < -0.39 is 22.0 Å². The van der Waals surface area contributed by atoms with Crippen LogP contribution >= 0.6 is 35.0 Å². The molecule has 5 N–H and O–H groups in total. The van der Waals surface area contributed by atoms with E-state index in [0.717, 1.165) is 17.8 Å². The van der Waals surface area contributed by atoms with Crippen molar-refractivity contribution in [2.75, 3.05) is 5.32 Å². The van der Waals surface area contributed by atoms with Gasteiger partial charge in [0.05, 0.1) is 10.6 Å². The van der Waals surface area contributed by atoms with Gasteiger partial charge in [-0.1, -0.05) is 23.2 Å². The van der Waals surface area contributed by atoms with E-state index >= 15 is 0 Å². The fourth-order valence-electron chi connectivity index (χ4n) is 2.19. The number of benzene rings is 2. The Morgan fingerprint density at radius 2 is 1.79 bits per heavy atom. The van der Waals surface area contributed by atoms with Gasteiger partial charge in [0.15, 0.2) is 5.17 Å². The maximum atomic E-state index is 12.5. The highest BCUT2D eigenvalue weighted by molar-refractivity contribution is 8.15. The predicted molar refractivity (Wildman–Crippen MR) is 108 cm³/mol. The first-order chi connectivity index (χ1) is 13.7. The largest absolute Gasteiger partial charge is 0.357 e. The number of fused-ring (bicyclic) bond motifs is 1. The molecule has 0 aromatic heterocycles. The van der Waals surface area contributed by atoms with Crippen LogP contribution in [-0.4, -0.2) is 30.7 Å². The molecule has 0 fully saturated rings. The molecular weight excluding hydrogens is 465 g/mol.